The second-order valence-corrected chi connectivity index (χ2v) is 4.73. The van der Waals surface area contributed by atoms with Crippen LogP contribution in [0, 0.1) is 5.92 Å². The van der Waals surface area contributed by atoms with Crippen molar-refractivity contribution in [3.63, 3.8) is 0 Å². The van der Waals surface area contributed by atoms with Crippen molar-refractivity contribution >= 4 is 35.3 Å². The molecule has 1 saturated heterocycles. The van der Waals surface area contributed by atoms with Crippen LogP contribution >= 0.6 is 12.6 Å². The zero-order valence-corrected chi connectivity index (χ0v) is 10.2. The fourth-order valence-electron chi connectivity index (χ4n) is 2.24. The molecule has 0 spiro atoms. The maximum absolute atomic E-state index is 11.9. The van der Waals surface area contributed by atoms with Crippen molar-refractivity contribution in [1.29, 1.82) is 0 Å². The summed E-state index contributed by atoms with van der Waals surface area (Å²) in [5.74, 6) is 1.31. The van der Waals surface area contributed by atoms with E-state index in [4.69, 9.17) is 0 Å². The molecule has 1 unspecified atom stereocenters. The number of benzene rings is 1. The summed E-state index contributed by atoms with van der Waals surface area (Å²) in [5, 5.41) is 0. The van der Waals surface area contributed by atoms with Crippen molar-refractivity contribution in [1.82, 2.24) is 9.97 Å². The Labute approximate surface area is 104 Å². The van der Waals surface area contributed by atoms with Gasteiger partial charge in [-0.15, -0.1) is 0 Å². The summed E-state index contributed by atoms with van der Waals surface area (Å²) in [6, 6.07) is 5.85. The third-order valence-corrected chi connectivity index (χ3v) is 3.70. The predicted molar refractivity (Wildman–Crippen MR) is 70.4 cm³/mol. The molecule has 3 rings (SSSR count). The summed E-state index contributed by atoms with van der Waals surface area (Å²) in [7, 11) is 0. The molecule has 88 valence electrons. The van der Waals surface area contributed by atoms with Crippen LogP contribution in [-0.2, 0) is 4.79 Å². The Morgan fingerprint density at radius 1 is 1.53 bits per heavy atom. The van der Waals surface area contributed by atoms with Gasteiger partial charge in [0.2, 0.25) is 5.91 Å². The van der Waals surface area contributed by atoms with Crippen LogP contribution in [0.15, 0.2) is 24.5 Å². The van der Waals surface area contributed by atoms with Gasteiger partial charge in [0.05, 0.1) is 17.4 Å². The summed E-state index contributed by atoms with van der Waals surface area (Å²) in [5.41, 5.74) is 2.83. The Morgan fingerprint density at radius 3 is 3.18 bits per heavy atom. The minimum atomic E-state index is 0.183. The lowest BCUT2D eigenvalue weighted by Crippen LogP contribution is -2.24. The molecule has 1 aliphatic rings. The molecule has 0 saturated carbocycles. The lowest BCUT2D eigenvalue weighted by atomic mass is 10.1. The van der Waals surface area contributed by atoms with Crippen LogP contribution in [-0.4, -0.2) is 28.2 Å². The minimum Gasteiger partial charge on any atom is -0.345 e. The number of amides is 1. The number of nitrogens with one attached hydrogen (secondary N) is 1. The first-order valence-electron chi connectivity index (χ1n) is 5.62. The lowest BCUT2D eigenvalue weighted by molar-refractivity contribution is -0.117. The Balaban J connectivity index is 1.95. The van der Waals surface area contributed by atoms with E-state index in [1.54, 1.807) is 6.33 Å². The summed E-state index contributed by atoms with van der Waals surface area (Å²) in [6.45, 7) is 0.766. The SMILES string of the molecule is O=C1CC(CS)CN1c1ccc2nc[nH]c2c1. The van der Waals surface area contributed by atoms with Crippen LogP contribution in [0.4, 0.5) is 5.69 Å². The molecule has 1 fully saturated rings. The highest BCUT2D eigenvalue weighted by Gasteiger charge is 2.29. The number of aromatic nitrogens is 2. The van der Waals surface area contributed by atoms with E-state index in [-0.39, 0.29) is 5.91 Å². The first-order valence-corrected chi connectivity index (χ1v) is 6.25. The molecule has 1 atom stereocenters. The van der Waals surface area contributed by atoms with Crippen molar-refractivity contribution in [2.75, 3.05) is 17.2 Å². The smallest absolute Gasteiger partial charge is 0.227 e. The Morgan fingerprint density at radius 2 is 2.41 bits per heavy atom. The van der Waals surface area contributed by atoms with E-state index in [0.717, 1.165) is 29.0 Å². The van der Waals surface area contributed by atoms with Crippen LogP contribution in [0.5, 0.6) is 0 Å². The molecule has 0 aliphatic carbocycles. The largest absolute Gasteiger partial charge is 0.345 e. The molecule has 1 amide bonds. The van der Waals surface area contributed by atoms with Crippen LogP contribution in [0.1, 0.15) is 6.42 Å². The fraction of sp³-hybridized carbons (Fsp3) is 0.333. The molecule has 0 bridgehead atoms. The molecule has 2 heterocycles. The number of hydrogen-bond acceptors (Lipinski definition) is 3. The first kappa shape index (κ1) is 10.7. The van der Waals surface area contributed by atoms with E-state index < -0.39 is 0 Å². The number of aromatic amines is 1. The minimum absolute atomic E-state index is 0.183. The second-order valence-electron chi connectivity index (χ2n) is 4.36. The van der Waals surface area contributed by atoms with Gasteiger partial charge in [-0.05, 0) is 29.9 Å². The topological polar surface area (TPSA) is 49.0 Å². The maximum atomic E-state index is 11.9. The molecule has 5 heteroatoms. The molecule has 1 aromatic heterocycles. The summed E-state index contributed by atoms with van der Waals surface area (Å²) >= 11 is 4.26. The first-order chi connectivity index (χ1) is 8.28. The van der Waals surface area contributed by atoms with Gasteiger partial charge in [-0.3, -0.25) is 4.79 Å². The average molecular weight is 247 g/mol. The average Bonchev–Trinajstić information content (AvgIpc) is 2.93. The predicted octanol–water partition coefficient (Wildman–Crippen LogP) is 1.85. The molecule has 2 aromatic rings. The number of H-pyrrole nitrogens is 1. The second kappa shape index (κ2) is 4.07. The summed E-state index contributed by atoms with van der Waals surface area (Å²) in [6.07, 6.45) is 2.27. The van der Waals surface area contributed by atoms with Crippen molar-refractivity contribution < 1.29 is 4.79 Å². The number of carbonyl (C=O) groups excluding carboxylic acids is 1. The number of thiol groups is 1. The van der Waals surface area contributed by atoms with Gasteiger partial charge >= 0.3 is 0 Å². The lowest BCUT2D eigenvalue weighted by Gasteiger charge is -2.16. The van der Waals surface area contributed by atoms with Gasteiger partial charge in [-0.1, -0.05) is 0 Å². The number of imidazole rings is 1. The van der Waals surface area contributed by atoms with Gasteiger partial charge in [0.25, 0.3) is 0 Å². The van der Waals surface area contributed by atoms with E-state index >= 15 is 0 Å². The van der Waals surface area contributed by atoms with Gasteiger partial charge in [0.1, 0.15) is 0 Å². The van der Waals surface area contributed by atoms with Gasteiger partial charge < -0.3 is 9.88 Å². The Kier molecular flexibility index (Phi) is 2.55. The van der Waals surface area contributed by atoms with Crippen molar-refractivity contribution in [3.8, 4) is 0 Å². The highest BCUT2D eigenvalue weighted by molar-refractivity contribution is 7.80. The number of nitrogens with zero attached hydrogens (tertiary/aromatic N) is 2. The molecule has 1 N–H and O–H groups in total. The van der Waals surface area contributed by atoms with Crippen LogP contribution < -0.4 is 4.90 Å². The van der Waals surface area contributed by atoms with Gasteiger partial charge in [0, 0.05) is 18.7 Å². The zero-order chi connectivity index (χ0) is 11.8. The third kappa shape index (κ3) is 1.80. The Bertz CT molecular complexity index is 566. The van der Waals surface area contributed by atoms with E-state index in [9.17, 15) is 4.79 Å². The normalized spacial score (nSPS) is 20.4. The molecule has 1 aliphatic heterocycles. The van der Waals surface area contributed by atoms with Gasteiger partial charge in [-0.25, -0.2) is 4.98 Å². The van der Waals surface area contributed by atoms with Crippen molar-refractivity contribution in [2.24, 2.45) is 5.92 Å². The number of rotatable bonds is 2. The fourth-order valence-corrected chi connectivity index (χ4v) is 2.49. The molecular weight excluding hydrogens is 234 g/mol. The zero-order valence-electron chi connectivity index (χ0n) is 9.26. The summed E-state index contributed by atoms with van der Waals surface area (Å²) < 4.78 is 0. The van der Waals surface area contributed by atoms with Crippen LogP contribution in [0.2, 0.25) is 0 Å². The molecule has 17 heavy (non-hydrogen) atoms. The molecule has 4 nitrogen and oxygen atoms in total. The Hall–Kier alpha value is -1.49. The van der Waals surface area contributed by atoms with Gasteiger partial charge in [-0.2, -0.15) is 12.6 Å². The molecule has 0 radical (unpaired) electrons. The van der Waals surface area contributed by atoms with Crippen LogP contribution in [0.25, 0.3) is 11.0 Å². The van der Waals surface area contributed by atoms with E-state index in [1.165, 1.54) is 0 Å². The summed E-state index contributed by atoms with van der Waals surface area (Å²) in [4.78, 5) is 20.9. The standard InChI is InChI=1S/C12H13N3OS/c16-12-3-8(6-17)5-15(12)9-1-2-10-11(4-9)14-7-13-10/h1-2,4,7-8,17H,3,5-6H2,(H,13,14). The molecule has 1 aromatic carbocycles. The number of anilines is 1. The number of carbonyl (C=O) groups is 1. The number of hydrogen-bond donors (Lipinski definition) is 2. The highest BCUT2D eigenvalue weighted by Crippen LogP contribution is 2.27. The van der Waals surface area contributed by atoms with E-state index in [2.05, 4.69) is 22.6 Å². The number of fused-ring (bicyclic) bond motifs is 1. The van der Waals surface area contributed by atoms with E-state index in [0.29, 0.717) is 12.3 Å². The van der Waals surface area contributed by atoms with Gasteiger partial charge in [0.15, 0.2) is 0 Å². The monoisotopic (exact) mass is 247 g/mol. The molecular formula is C12H13N3OS. The quantitative estimate of drug-likeness (QED) is 0.796. The van der Waals surface area contributed by atoms with Crippen molar-refractivity contribution in [2.45, 2.75) is 6.42 Å². The third-order valence-electron chi connectivity index (χ3n) is 3.18. The maximum Gasteiger partial charge on any atom is 0.227 e. The highest BCUT2D eigenvalue weighted by atomic mass is 32.1. The van der Waals surface area contributed by atoms with Crippen molar-refractivity contribution in [3.05, 3.63) is 24.5 Å². The van der Waals surface area contributed by atoms with E-state index in [1.807, 2.05) is 23.1 Å². The van der Waals surface area contributed by atoms with Crippen LogP contribution in [0.3, 0.4) is 0 Å².